The molecule has 0 spiro atoms. The fraction of sp³-hybridized carbons (Fsp3) is 0.538. The van der Waals surface area contributed by atoms with Crippen molar-refractivity contribution in [2.24, 2.45) is 11.8 Å². The van der Waals surface area contributed by atoms with Crippen LogP contribution < -0.4 is 0 Å². The zero-order valence-electron chi connectivity index (χ0n) is 9.64. The van der Waals surface area contributed by atoms with Gasteiger partial charge in [0.1, 0.15) is 5.82 Å². The molecule has 0 amide bonds. The minimum absolute atomic E-state index is 0.190. The minimum Gasteiger partial charge on any atom is -0.205 e. The number of hydrogen-bond acceptors (Lipinski definition) is 0. The van der Waals surface area contributed by atoms with Crippen LogP contribution in [0.4, 0.5) is 4.39 Å². The zero-order valence-corrected chi connectivity index (χ0v) is 11.2. The van der Waals surface area contributed by atoms with Crippen LogP contribution in [0.5, 0.6) is 0 Å². The summed E-state index contributed by atoms with van der Waals surface area (Å²) in [7, 11) is 0. The lowest BCUT2D eigenvalue weighted by Crippen LogP contribution is -2.09. The highest BCUT2D eigenvalue weighted by Gasteiger charge is 2.11. The van der Waals surface area contributed by atoms with E-state index in [9.17, 15) is 4.39 Å². The first kappa shape index (κ1) is 13.8. The van der Waals surface area contributed by atoms with Gasteiger partial charge in [-0.25, -0.2) is 4.39 Å². The smallest absolute Gasteiger partial charge is 0.141 e. The fourth-order valence-corrected chi connectivity index (χ4v) is 2.31. The molecule has 0 saturated carbocycles. The Hall–Kier alpha value is -0.270. The van der Waals surface area contributed by atoms with Crippen LogP contribution in [0.1, 0.15) is 25.8 Å². The van der Waals surface area contributed by atoms with Gasteiger partial charge < -0.3 is 0 Å². The number of hydrogen-bond donors (Lipinski definition) is 0. The third-order valence-corrected chi connectivity index (χ3v) is 3.26. The van der Waals surface area contributed by atoms with Crippen molar-refractivity contribution in [3.63, 3.8) is 0 Å². The molecule has 90 valence electrons. The predicted octanol–water partition coefficient (Wildman–Crippen LogP) is 4.92. The van der Waals surface area contributed by atoms with Crippen molar-refractivity contribution in [1.29, 1.82) is 0 Å². The molecular weight excluding hydrogens is 246 g/mol. The molecule has 1 aromatic carbocycles. The molecule has 3 heteroatoms. The molecule has 0 aliphatic carbocycles. The largest absolute Gasteiger partial charge is 0.205 e. The van der Waals surface area contributed by atoms with Crippen LogP contribution in [0.2, 0.25) is 5.02 Å². The maximum Gasteiger partial charge on any atom is 0.141 e. The minimum atomic E-state index is -0.364. The first-order valence-corrected chi connectivity index (χ1v) is 6.44. The maximum absolute atomic E-state index is 13.0. The molecule has 0 nitrogen and oxygen atoms in total. The van der Waals surface area contributed by atoms with Gasteiger partial charge in [-0.05, 0) is 42.4 Å². The van der Waals surface area contributed by atoms with Crippen molar-refractivity contribution in [2.45, 2.75) is 26.7 Å². The lowest BCUT2D eigenvalue weighted by molar-refractivity contribution is 0.441. The summed E-state index contributed by atoms with van der Waals surface area (Å²) in [5.41, 5.74) is 1.05. The average Bonchev–Trinajstić information content (AvgIpc) is 2.22. The quantitative estimate of drug-likeness (QED) is 0.661. The van der Waals surface area contributed by atoms with Crippen LogP contribution in [0.3, 0.4) is 0 Å². The van der Waals surface area contributed by atoms with E-state index in [1.807, 2.05) is 0 Å². The van der Waals surface area contributed by atoms with Crippen LogP contribution in [0.25, 0.3) is 0 Å². The van der Waals surface area contributed by atoms with E-state index in [1.54, 1.807) is 12.1 Å². The molecule has 0 bridgehead atoms. The SMILES string of the molecule is CC(C)CC(CCl)Cc1ccc(F)c(Cl)c1. The lowest BCUT2D eigenvalue weighted by atomic mass is 9.92. The van der Waals surface area contributed by atoms with Crippen molar-refractivity contribution in [3.05, 3.63) is 34.6 Å². The Balaban J connectivity index is 2.66. The molecule has 0 aliphatic heterocycles. The molecule has 1 unspecified atom stereocenters. The summed E-state index contributed by atoms with van der Waals surface area (Å²) < 4.78 is 13.0. The third kappa shape index (κ3) is 4.31. The number of halogens is 3. The Kier molecular flexibility index (Phi) is 5.57. The van der Waals surface area contributed by atoms with E-state index in [1.165, 1.54) is 6.07 Å². The van der Waals surface area contributed by atoms with Gasteiger partial charge in [0.2, 0.25) is 0 Å². The molecule has 0 heterocycles. The first-order chi connectivity index (χ1) is 7.52. The Morgan fingerprint density at radius 1 is 1.31 bits per heavy atom. The number of benzene rings is 1. The second-order valence-electron chi connectivity index (χ2n) is 4.60. The van der Waals surface area contributed by atoms with E-state index in [0.717, 1.165) is 18.4 Å². The van der Waals surface area contributed by atoms with Crippen LogP contribution in [0, 0.1) is 17.7 Å². The van der Waals surface area contributed by atoms with E-state index < -0.39 is 0 Å². The Bertz CT molecular complexity index is 337. The van der Waals surface area contributed by atoms with Crippen molar-refractivity contribution in [3.8, 4) is 0 Å². The summed E-state index contributed by atoms with van der Waals surface area (Å²) in [5, 5.41) is 0.190. The van der Waals surface area contributed by atoms with Gasteiger partial charge in [-0.2, -0.15) is 0 Å². The van der Waals surface area contributed by atoms with Crippen molar-refractivity contribution in [1.82, 2.24) is 0 Å². The molecule has 1 aromatic rings. The first-order valence-electron chi connectivity index (χ1n) is 5.52. The van der Waals surface area contributed by atoms with Gasteiger partial charge in [-0.15, -0.1) is 11.6 Å². The summed E-state index contributed by atoms with van der Waals surface area (Å²) in [5.74, 6) is 1.33. The van der Waals surface area contributed by atoms with Crippen LogP contribution in [0.15, 0.2) is 18.2 Å². The molecule has 1 atom stereocenters. The Morgan fingerprint density at radius 2 is 2.00 bits per heavy atom. The summed E-state index contributed by atoms with van der Waals surface area (Å²) in [4.78, 5) is 0. The molecule has 0 saturated heterocycles. The summed E-state index contributed by atoms with van der Waals surface area (Å²) in [6.07, 6.45) is 1.94. The van der Waals surface area contributed by atoms with Crippen LogP contribution in [-0.4, -0.2) is 5.88 Å². The highest BCUT2D eigenvalue weighted by molar-refractivity contribution is 6.30. The van der Waals surface area contributed by atoms with Crippen molar-refractivity contribution < 1.29 is 4.39 Å². The van der Waals surface area contributed by atoms with E-state index >= 15 is 0 Å². The third-order valence-electron chi connectivity index (χ3n) is 2.53. The summed E-state index contributed by atoms with van der Waals surface area (Å²) >= 11 is 11.7. The molecule has 1 rings (SSSR count). The molecule has 0 radical (unpaired) electrons. The summed E-state index contributed by atoms with van der Waals surface area (Å²) in [6, 6.07) is 4.89. The van der Waals surface area contributed by atoms with E-state index in [2.05, 4.69) is 13.8 Å². The van der Waals surface area contributed by atoms with Gasteiger partial charge in [-0.3, -0.25) is 0 Å². The van der Waals surface area contributed by atoms with Crippen LogP contribution >= 0.6 is 23.2 Å². The number of alkyl halides is 1. The van der Waals surface area contributed by atoms with Gasteiger partial charge in [0.15, 0.2) is 0 Å². The predicted molar refractivity (Wildman–Crippen MR) is 68.8 cm³/mol. The fourth-order valence-electron chi connectivity index (χ4n) is 1.87. The van der Waals surface area contributed by atoms with Gasteiger partial charge in [0.25, 0.3) is 0 Å². The van der Waals surface area contributed by atoms with Crippen LogP contribution in [-0.2, 0) is 6.42 Å². The van der Waals surface area contributed by atoms with Gasteiger partial charge in [0.05, 0.1) is 5.02 Å². The zero-order chi connectivity index (χ0) is 12.1. The summed E-state index contributed by atoms with van der Waals surface area (Å²) in [6.45, 7) is 4.36. The van der Waals surface area contributed by atoms with Gasteiger partial charge in [0, 0.05) is 5.88 Å². The molecule has 0 N–H and O–H groups in total. The molecule has 0 fully saturated rings. The second kappa shape index (κ2) is 6.46. The second-order valence-corrected chi connectivity index (χ2v) is 5.32. The number of rotatable bonds is 5. The standard InChI is InChI=1S/C13H17Cl2F/c1-9(2)5-11(8-14)6-10-3-4-13(16)12(15)7-10/h3-4,7,9,11H,5-6,8H2,1-2H3. The average molecular weight is 263 g/mol. The van der Waals surface area contributed by atoms with Crippen molar-refractivity contribution >= 4 is 23.2 Å². The lowest BCUT2D eigenvalue weighted by Gasteiger charge is -2.16. The Labute approximate surface area is 107 Å². The van der Waals surface area contributed by atoms with E-state index in [0.29, 0.717) is 17.7 Å². The maximum atomic E-state index is 13.0. The molecule has 16 heavy (non-hydrogen) atoms. The molecular formula is C13H17Cl2F. The highest BCUT2D eigenvalue weighted by Crippen LogP contribution is 2.22. The molecule has 0 aliphatic rings. The van der Waals surface area contributed by atoms with E-state index in [-0.39, 0.29) is 10.8 Å². The highest BCUT2D eigenvalue weighted by atomic mass is 35.5. The van der Waals surface area contributed by atoms with Gasteiger partial charge >= 0.3 is 0 Å². The monoisotopic (exact) mass is 262 g/mol. The van der Waals surface area contributed by atoms with Gasteiger partial charge in [-0.1, -0.05) is 31.5 Å². The molecule has 0 aromatic heterocycles. The topological polar surface area (TPSA) is 0 Å². The Morgan fingerprint density at radius 3 is 2.50 bits per heavy atom. The van der Waals surface area contributed by atoms with E-state index in [4.69, 9.17) is 23.2 Å². The van der Waals surface area contributed by atoms with Crippen molar-refractivity contribution in [2.75, 3.05) is 5.88 Å². The normalized spacial score (nSPS) is 13.1.